The third-order valence-electron chi connectivity index (χ3n) is 4.64. The summed E-state index contributed by atoms with van der Waals surface area (Å²) < 4.78 is 16.9. The van der Waals surface area contributed by atoms with Crippen LogP contribution in [0.4, 0.5) is 10.5 Å². The number of fused-ring (bicyclic) bond motifs is 1. The third-order valence-corrected chi connectivity index (χ3v) is 4.64. The van der Waals surface area contributed by atoms with Gasteiger partial charge in [0.25, 0.3) is 5.91 Å². The van der Waals surface area contributed by atoms with Gasteiger partial charge in [-0.05, 0) is 24.3 Å². The molecule has 2 saturated heterocycles. The number of hydrogen-bond donors (Lipinski definition) is 2. The first-order valence-electron chi connectivity index (χ1n) is 8.82. The van der Waals surface area contributed by atoms with Crippen molar-refractivity contribution >= 4 is 17.7 Å². The summed E-state index contributed by atoms with van der Waals surface area (Å²) in [7, 11) is 0. The normalized spacial score (nSPS) is 26.2. The Bertz CT molecular complexity index is 799. The molecule has 27 heavy (non-hydrogen) atoms. The number of ether oxygens (including phenoxy) is 3. The molecule has 2 heterocycles. The minimum Gasteiger partial charge on any atom is -0.441 e. The molecule has 0 radical (unpaired) electrons. The third kappa shape index (κ3) is 3.94. The highest BCUT2D eigenvalue weighted by Gasteiger charge is 2.50. The molecule has 2 aromatic carbocycles. The van der Waals surface area contributed by atoms with Gasteiger partial charge in [0.1, 0.15) is 12.2 Å². The predicted octanol–water partition coefficient (Wildman–Crippen LogP) is 2.20. The Morgan fingerprint density at radius 3 is 2.30 bits per heavy atom. The van der Waals surface area contributed by atoms with Crippen molar-refractivity contribution in [2.45, 2.75) is 24.4 Å². The number of carbonyl (C=O) groups is 2. The molecule has 2 fully saturated rings. The molecule has 0 aliphatic carbocycles. The molecule has 0 spiro atoms. The summed E-state index contributed by atoms with van der Waals surface area (Å²) >= 11 is 0. The number of hydrogen-bond acceptors (Lipinski definition) is 5. The van der Waals surface area contributed by atoms with E-state index in [1.807, 2.05) is 36.4 Å². The Balaban J connectivity index is 1.32. The quantitative estimate of drug-likeness (QED) is 0.864. The molecule has 2 N–H and O–H groups in total. The highest BCUT2D eigenvalue weighted by molar-refractivity contribution is 5.94. The van der Waals surface area contributed by atoms with Crippen molar-refractivity contribution in [1.82, 2.24) is 5.32 Å². The van der Waals surface area contributed by atoms with Gasteiger partial charge in [-0.1, -0.05) is 36.4 Å². The fourth-order valence-corrected chi connectivity index (χ4v) is 3.34. The van der Waals surface area contributed by atoms with Crippen molar-refractivity contribution in [1.29, 1.82) is 0 Å². The van der Waals surface area contributed by atoms with Gasteiger partial charge in [0.2, 0.25) is 0 Å². The molecule has 0 saturated carbocycles. The fraction of sp³-hybridized carbons (Fsp3) is 0.300. The SMILES string of the molecule is O=C(Nc1ccccc1)O[C@@H]1CO[C@H]2[C@@H]1OC[C@@H]2NC(=O)c1ccccc1. The van der Waals surface area contributed by atoms with E-state index in [4.69, 9.17) is 14.2 Å². The van der Waals surface area contributed by atoms with Crippen molar-refractivity contribution < 1.29 is 23.8 Å². The van der Waals surface area contributed by atoms with Crippen molar-refractivity contribution in [2.24, 2.45) is 0 Å². The maximum Gasteiger partial charge on any atom is 0.412 e. The zero-order chi connectivity index (χ0) is 18.6. The molecule has 2 aliphatic rings. The van der Waals surface area contributed by atoms with E-state index in [1.54, 1.807) is 24.3 Å². The van der Waals surface area contributed by atoms with Crippen molar-refractivity contribution in [2.75, 3.05) is 18.5 Å². The van der Waals surface area contributed by atoms with Gasteiger partial charge < -0.3 is 19.5 Å². The van der Waals surface area contributed by atoms with Crippen LogP contribution in [0.15, 0.2) is 60.7 Å². The Morgan fingerprint density at radius 2 is 1.56 bits per heavy atom. The molecule has 140 valence electrons. The van der Waals surface area contributed by atoms with Gasteiger partial charge in [-0.15, -0.1) is 0 Å². The Hall–Kier alpha value is -2.90. The zero-order valence-electron chi connectivity index (χ0n) is 14.5. The van der Waals surface area contributed by atoms with Crippen molar-refractivity contribution in [3.05, 3.63) is 66.2 Å². The molecule has 7 heteroatoms. The van der Waals surface area contributed by atoms with Crippen LogP contribution in [0.5, 0.6) is 0 Å². The summed E-state index contributed by atoms with van der Waals surface area (Å²) in [5.74, 6) is -0.181. The largest absolute Gasteiger partial charge is 0.441 e. The van der Waals surface area contributed by atoms with E-state index in [-0.39, 0.29) is 24.7 Å². The molecule has 2 aliphatic heterocycles. The van der Waals surface area contributed by atoms with Gasteiger partial charge in [-0.3, -0.25) is 10.1 Å². The molecule has 0 unspecified atom stereocenters. The monoisotopic (exact) mass is 368 g/mol. The smallest absolute Gasteiger partial charge is 0.412 e. The van der Waals surface area contributed by atoms with Crippen LogP contribution in [0, 0.1) is 0 Å². The van der Waals surface area contributed by atoms with E-state index in [1.165, 1.54) is 0 Å². The first kappa shape index (κ1) is 17.5. The maximum absolute atomic E-state index is 12.3. The molecule has 0 aromatic heterocycles. The van der Waals surface area contributed by atoms with E-state index in [9.17, 15) is 9.59 Å². The molecule has 7 nitrogen and oxygen atoms in total. The predicted molar refractivity (Wildman–Crippen MR) is 97.5 cm³/mol. The average Bonchev–Trinajstić information content (AvgIpc) is 3.27. The van der Waals surface area contributed by atoms with E-state index in [0.717, 1.165) is 0 Å². The summed E-state index contributed by atoms with van der Waals surface area (Å²) in [4.78, 5) is 24.4. The van der Waals surface area contributed by atoms with Gasteiger partial charge in [0, 0.05) is 11.3 Å². The molecule has 4 atom stereocenters. The number of benzene rings is 2. The second-order valence-electron chi connectivity index (χ2n) is 6.48. The van der Waals surface area contributed by atoms with Gasteiger partial charge >= 0.3 is 6.09 Å². The van der Waals surface area contributed by atoms with Crippen LogP contribution in [0.3, 0.4) is 0 Å². The van der Waals surface area contributed by atoms with E-state index < -0.39 is 18.3 Å². The standard InChI is InChI=1S/C20H20N2O5/c23-19(13-7-3-1-4-8-13)22-15-11-25-18-16(12-26-17(15)18)27-20(24)21-14-9-5-2-6-10-14/h1-10,15-18H,11-12H2,(H,21,24)(H,22,23)/t15-,16+,17+,18+/m0/s1. The van der Waals surface area contributed by atoms with Crippen molar-refractivity contribution in [3.8, 4) is 0 Å². The van der Waals surface area contributed by atoms with E-state index >= 15 is 0 Å². The number of para-hydroxylation sites is 1. The maximum atomic E-state index is 12.3. The number of anilines is 1. The zero-order valence-corrected chi connectivity index (χ0v) is 14.5. The summed E-state index contributed by atoms with van der Waals surface area (Å²) in [6, 6.07) is 17.7. The van der Waals surface area contributed by atoms with Crippen LogP contribution in [-0.2, 0) is 14.2 Å². The lowest BCUT2D eigenvalue weighted by molar-refractivity contribution is 0.00862. The lowest BCUT2D eigenvalue weighted by atomic mass is 10.1. The summed E-state index contributed by atoms with van der Waals surface area (Å²) in [5, 5.41) is 5.61. The Labute approximate surface area is 156 Å². The lowest BCUT2D eigenvalue weighted by Crippen LogP contribution is -2.44. The van der Waals surface area contributed by atoms with Gasteiger partial charge in [-0.25, -0.2) is 4.79 Å². The second kappa shape index (κ2) is 7.77. The van der Waals surface area contributed by atoms with Gasteiger partial charge in [-0.2, -0.15) is 0 Å². The Morgan fingerprint density at radius 1 is 0.889 bits per heavy atom. The number of nitrogens with one attached hydrogen (secondary N) is 2. The van der Waals surface area contributed by atoms with Crippen LogP contribution in [0.25, 0.3) is 0 Å². The van der Waals surface area contributed by atoms with Crippen LogP contribution in [-0.4, -0.2) is 49.6 Å². The minimum atomic E-state index is -0.559. The Kier molecular flexibility index (Phi) is 5.04. The molecule has 0 bridgehead atoms. The van der Waals surface area contributed by atoms with Crippen LogP contribution in [0.2, 0.25) is 0 Å². The summed E-state index contributed by atoms with van der Waals surface area (Å²) in [6.45, 7) is 0.545. The number of carbonyl (C=O) groups excluding carboxylic acids is 2. The number of amides is 2. The summed E-state index contributed by atoms with van der Waals surface area (Å²) in [6.07, 6.45) is -1.81. The van der Waals surface area contributed by atoms with Crippen LogP contribution < -0.4 is 10.6 Å². The highest BCUT2D eigenvalue weighted by Crippen LogP contribution is 2.29. The molecule has 2 amide bonds. The van der Waals surface area contributed by atoms with Gasteiger partial charge in [0.15, 0.2) is 6.10 Å². The minimum absolute atomic E-state index is 0.181. The molecule has 2 aromatic rings. The number of rotatable bonds is 4. The first-order valence-corrected chi connectivity index (χ1v) is 8.82. The molecular formula is C20H20N2O5. The first-order chi connectivity index (χ1) is 13.2. The fourth-order valence-electron chi connectivity index (χ4n) is 3.34. The van der Waals surface area contributed by atoms with E-state index in [0.29, 0.717) is 17.9 Å². The lowest BCUT2D eigenvalue weighted by Gasteiger charge is -2.18. The molecular weight excluding hydrogens is 348 g/mol. The second-order valence-corrected chi connectivity index (χ2v) is 6.48. The van der Waals surface area contributed by atoms with Crippen molar-refractivity contribution in [3.63, 3.8) is 0 Å². The van der Waals surface area contributed by atoms with Crippen LogP contribution in [0.1, 0.15) is 10.4 Å². The van der Waals surface area contributed by atoms with E-state index in [2.05, 4.69) is 10.6 Å². The highest BCUT2D eigenvalue weighted by atomic mass is 16.6. The average molecular weight is 368 g/mol. The van der Waals surface area contributed by atoms with Crippen LogP contribution >= 0.6 is 0 Å². The van der Waals surface area contributed by atoms with Gasteiger partial charge in [0.05, 0.1) is 19.3 Å². The molecule has 4 rings (SSSR count). The summed E-state index contributed by atoms with van der Waals surface area (Å²) in [5.41, 5.74) is 1.23. The topological polar surface area (TPSA) is 85.9 Å².